The molecule has 2 heterocycles. The Morgan fingerprint density at radius 3 is 2.78 bits per heavy atom. The van der Waals surface area contributed by atoms with Crippen molar-refractivity contribution in [1.29, 1.82) is 0 Å². The zero-order valence-electron chi connectivity index (χ0n) is 15.4. The first kappa shape index (κ1) is 18.4. The summed E-state index contributed by atoms with van der Waals surface area (Å²) in [4.78, 5) is 28.2. The predicted molar refractivity (Wildman–Crippen MR) is 106 cm³/mol. The minimum atomic E-state index is -0.318. The smallest absolute Gasteiger partial charge is 0.252 e. The second-order valence-corrected chi connectivity index (χ2v) is 8.14. The average Bonchev–Trinajstić information content (AvgIpc) is 2.67. The van der Waals surface area contributed by atoms with Crippen LogP contribution in [0.5, 0.6) is 0 Å². The minimum Gasteiger partial charge on any atom is -0.378 e. The zero-order valence-corrected chi connectivity index (χ0v) is 17.0. The van der Waals surface area contributed by atoms with E-state index in [1.54, 1.807) is 0 Å². The monoisotopic (exact) mass is 430 g/mol. The van der Waals surface area contributed by atoms with Gasteiger partial charge in [0.05, 0.1) is 13.2 Å². The van der Waals surface area contributed by atoms with E-state index in [1.807, 2.05) is 36.1 Å². The highest BCUT2D eigenvalue weighted by atomic mass is 79.9. The molecule has 3 aliphatic rings. The fourth-order valence-electron chi connectivity index (χ4n) is 4.22. The number of morpholine rings is 1. The van der Waals surface area contributed by atoms with E-state index in [1.165, 1.54) is 0 Å². The first-order chi connectivity index (χ1) is 13.1. The molecule has 1 saturated heterocycles. The van der Waals surface area contributed by atoms with Crippen LogP contribution in [0.15, 0.2) is 51.3 Å². The number of benzene rings is 1. The third-order valence-electron chi connectivity index (χ3n) is 5.49. The number of allylic oxidation sites excluding steroid dienone is 3. The molecular weight excluding hydrogens is 408 g/mol. The first-order valence-electron chi connectivity index (χ1n) is 9.43. The van der Waals surface area contributed by atoms with Crippen molar-refractivity contribution in [3.05, 3.63) is 56.8 Å². The number of Topliss-reactive ketones (excluding diaryl/α,β-unsaturated/α-hetero) is 1. The molecule has 0 spiro atoms. The Balaban J connectivity index is 1.82. The topological polar surface area (TPSA) is 58.6 Å². The van der Waals surface area contributed by atoms with Crippen molar-refractivity contribution >= 4 is 27.6 Å². The number of carbonyl (C=O) groups excluding carboxylic acids is 2. The Kier molecular flexibility index (Phi) is 5.19. The molecule has 1 fully saturated rings. The lowest BCUT2D eigenvalue weighted by molar-refractivity contribution is -0.131. The Bertz CT molecular complexity index is 853. The molecule has 1 aromatic rings. The number of amides is 1. The van der Waals surface area contributed by atoms with Crippen LogP contribution in [0.1, 0.15) is 37.7 Å². The molecule has 1 N–H and O–H groups in total. The number of ether oxygens (including phenoxy) is 1. The van der Waals surface area contributed by atoms with Gasteiger partial charge in [0.2, 0.25) is 0 Å². The molecule has 0 saturated carbocycles. The molecule has 6 heteroatoms. The Labute approximate surface area is 167 Å². The number of hydrogen-bond acceptors (Lipinski definition) is 4. The van der Waals surface area contributed by atoms with Gasteiger partial charge in [-0.25, -0.2) is 0 Å². The van der Waals surface area contributed by atoms with E-state index in [9.17, 15) is 9.59 Å². The normalized spacial score (nSPS) is 23.3. The van der Waals surface area contributed by atoms with Crippen LogP contribution in [0, 0.1) is 0 Å². The maximum absolute atomic E-state index is 13.4. The molecule has 1 amide bonds. The lowest BCUT2D eigenvalue weighted by Crippen LogP contribution is -2.44. The van der Waals surface area contributed by atoms with Crippen LogP contribution in [-0.2, 0) is 14.3 Å². The number of carbonyl (C=O) groups is 2. The van der Waals surface area contributed by atoms with Crippen LogP contribution in [-0.4, -0.2) is 42.9 Å². The minimum absolute atomic E-state index is 0.00167. The van der Waals surface area contributed by atoms with Gasteiger partial charge in [-0.15, -0.1) is 0 Å². The summed E-state index contributed by atoms with van der Waals surface area (Å²) in [5.41, 5.74) is 4.26. The molecule has 5 nitrogen and oxygen atoms in total. The molecule has 1 aliphatic carbocycles. The van der Waals surface area contributed by atoms with Crippen molar-refractivity contribution in [2.24, 2.45) is 0 Å². The first-order valence-corrected chi connectivity index (χ1v) is 10.2. The van der Waals surface area contributed by atoms with E-state index < -0.39 is 0 Å². The van der Waals surface area contributed by atoms with Crippen LogP contribution in [0.4, 0.5) is 0 Å². The van der Waals surface area contributed by atoms with Gasteiger partial charge in [0.25, 0.3) is 5.91 Å². The summed E-state index contributed by atoms with van der Waals surface area (Å²) in [6.07, 6.45) is 2.25. The summed E-state index contributed by atoms with van der Waals surface area (Å²) < 4.78 is 6.34. The summed E-state index contributed by atoms with van der Waals surface area (Å²) >= 11 is 3.54. The fraction of sp³-hybridized carbons (Fsp3) is 0.429. The molecule has 0 aromatic heterocycles. The van der Waals surface area contributed by atoms with Gasteiger partial charge in [0, 0.05) is 52.4 Å². The van der Waals surface area contributed by atoms with Crippen LogP contribution in [0.2, 0.25) is 0 Å². The van der Waals surface area contributed by atoms with Gasteiger partial charge >= 0.3 is 0 Å². The summed E-state index contributed by atoms with van der Waals surface area (Å²) in [7, 11) is 0. The number of dihydropyridines is 1. The number of halogens is 1. The highest BCUT2D eigenvalue weighted by Crippen LogP contribution is 2.43. The molecule has 1 unspecified atom stereocenters. The van der Waals surface area contributed by atoms with E-state index >= 15 is 0 Å². The molecule has 27 heavy (non-hydrogen) atoms. The maximum Gasteiger partial charge on any atom is 0.252 e. The van der Waals surface area contributed by atoms with Crippen molar-refractivity contribution in [3.8, 4) is 0 Å². The standard InChI is InChI=1S/C21H23BrN2O3/c1-13-18(21(26)24-8-10-27-11-9-24)19(14-4-2-5-15(22)12-14)20-16(23-13)6-3-7-17(20)25/h2,4-5,12,19,23H,3,6-11H2,1H3. The lowest BCUT2D eigenvalue weighted by atomic mass is 9.75. The van der Waals surface area contributed by atoms with Crippen molar-refractivity contribution in [2.75, 3.05) is 26.3 Å². The van der Waals surface area contributed by atoms with E-state index in [0.29, 0.717) is 38.3 Å². The number of nitrogens with zero attached hydrogens (tertiary/aromatic N) is 1. The molecular formula is C21H23BrN2O3. The second-order valence-electron chi connectivity index (χ2n) is 7.23. The highest BCUT2D eigenvalue weighted by Gasteiger charge is 2.39. The van der Waals surface area contributed by atoms with Crippen molar-refractivity contribution < 1.29 is 14.3 Å². The zero-order chi connectivity index (χ0) is 19.0. The number of nitrogens with one attached hydrogen (secondary N) is 1. The van der Waals surface area contributed by atoms with Crippen LogP contribution in [0.3, 0.4) is 0 Å². The third kappa shape index (κ3) is 3.48. The molecule has 1 aromatic carbocycles. The van der Waals surface area contributed by atoms with Gasteiger partial charge in [0.1, 0.15) is 0 Å². The molecule has 0 bridgehead atoms. The van der Waals surface area contributed by atoms with Crippen molar-refractivity contribution in [3.63, 3.8) is 0 Å². The highest BCUT2D eigenvalue weighted by molar-refractivity contribution is 9.10. The quantitative estimate of drug-likeness (QED) is 0.781. The Morgan fingerprint density at radius 2 is 2.04 bits per heavy atom. The van der Waals surface area contributed by atoms with Crippen LogP contribution in [0.25, 0.3) is 0 Å². The molecule has 4 rings (SSSR count). The lowest BCUT2D eigenvalue weighted by Gasteiger charge is -2.37. The van der Waals surface area contributed by atoms with Gasteiger partial charge in [-0.05, 0) is 37.5 Å². The molecule has 0 radical (unpaired) electrons. The summed E-state index contributed by atoms with van der Waals surface area (Å²) in [6.45, 7) is 4.22. The Hall–Kier alpha value is -1.92. The van der Waals surface area contributed by atoms with Crippen LogP contribution < -0.4 is 5.32 Å². The second kappa shape index (κ2) is 7.60. The fourth-order valence-corrected chi connectivity index (χ4v) is 4.64. The van der Waals surface area contributed by atoms with Gasteiger partial charge in [-0.1, -0.05) is 28.1 Å². The van der Waals surface area contributed by atoms with Gasteiger partial charge in [-0.3, -0.25) is 9.59 Å². The largest absolute Gasteiger partial charge is 0.378 e. The van der Waals surface area contributed by atoms with E-state index in [2.05, 4.69) is 21.2 Å². The summed E-state index contributed by atoms with van der Waals surface area (Å²) in [6, 6.07) is 7.94. The van der Waals surface area contributed by atoms with Crippen molar-refractivity contribution in [1.82, 2.24) is 10.2 Å². The van der Waals surface area contributed by atoms with Gasteiger partial charge < -0.3 is 15.0 Å². The van der Waals surface area contributed by atoms with Crippen LogP contribution >= 0.6 is 15.9 Å². The summed E-state index contributed by atoms with van der Waals surface area (Å²) in [5, 5.41) is 3.38. The molecule has 2 aliphatic heterocycles. The molecule has 1 atom stereocenters. The average molecular weight is 431 g/mol. The SMILES string of the molecule is CC1=C(C(=O)N2CCOCC2)C(c2cccc(Br)c2)C2=C(CCCC2=O)N1. The Morgan fingerprint density at radius 1 is 1.26 bits per heavy atom. The number of ketones is 1. The predicted octanol–water partition coefficient (Wildman–Crippen LogP) is 3.28. The van der Waals surface area contributed by atoms with Gasteiger partial charge in [0.15, 0.2) is 5.78 Å². The third-order valence-corrected chi connectivity index (χ3v) is 5.98. The van der Waals surface area contributed by atoms with E-state index in [0.717, 1.165) is 39.8 Å². The van der Waals surface area contributed by atoms with Crippen molar-refractivity contribution in [2.45, 2.75) is 32.1 Å². The maximum atomic E-state index is 13.4. The molecule has 142 valence electrons. The van der Waals surface area contributed by atoms with E-state index in [4.69, 9.17) is 4.74 Å². The van der Waals surface area contributed by atoms with Gasteiger partial charge in [-0.2, -0.15) is 0 Å². The number of hydrogen-bond donors (Lipinski definition) is 1. The number of rotatable bonds is 2. The summed E-state index contributed by atoms with van der Waals surface area (Å²) in [5.74, 6) is -0.173. The van der Waals surface area contributed by atoms with E-state index in [-0.39, 0.29) is 17.6 Å².